The van der Waals surface area contributed by atoms with Crippen molar-refractivity contribution in [3.63, 3.8) is 0 Å². The van der Waals surface area contributed by atoms with Gasteiger partial charge >= 0.3 is 0 Å². The first-order valence-electron chi connectivity index (χ1n) is 8.05. The van der Waals surface area contributed by atoms with Gasteiger partial charge in [-0.25, -0.2) is 0 Å². The fraction of sp³-hybridized carbons (Fsp3) is 0.150. The van der Waals surface area contributed by atoms with Gasteiger partial charge < -0.3 is 10.2 Å². The normalized spacial score (nSPS) is 12.9. The number of carbonyl (C=O) groups excluding carboxylic acids is 1. The summed E-state index contributed by atoms with van der Waals surface area (Å²) in [5.74, 6) is 0.0721. The third-order valence-electron chi connectivity index (χ3n) is 4.49. The van der Waals surface area contributed by atoms with Crippen LogP contribution < -0.4 is 10.2 Å². The van der Waals surface area contributed by atoms with Crippen molar-refractivity contribution in [3.8, 4) is 0 Å². The number of amides is 1. The zero-order valence-electron chi connectivity index (χ0n) is 13.3. The lowest BCUT2D eigenvalue weighted by Crippen LogP contribution is -2.26. The maximum Gasteiger partial charge on any atom is 0.261 e. The van der Waals surface area contributed by atoms with E-state index in [1.165, 1.54) is 0 Å². The van der Waals surface area contributed by atoms with Crippen molar-refractivity contribution in [2.24, 2.45) is 0 Å². The van der Waals surface area contributed by atoms with Crippen LogP contribution >= 0.6 is 11.6 Å². The van der Waals surface area contributed by atoms with Crippen LogP contribution in [-0.2, 0) is 6.54 Å². The molecule has 1 aliphatic rings. The van der Waals surface area contributed by atoms with E-state index < -0.39 is 0 Å². The molecule has 0 radical (unpaired) electrons. The summed E-state index contributed by atoms with van der Waals surface area (Å²) in [4.78, 5) is 14.7. The summed E-state index contributed by atoms with van der Waals surface area (Å²) in [7, 11) is 0. The molecule has 0 unspecified atom stereocenters. The van der Waals surface area contributed by atoms with Gasteiger partial charge in [0.15, 0.2) is 0 Å². The highest BCUT2D eigenvalue weighted by Gasteiger charge is 2.30. The average Bonchev–Trinajstić information content (AvgIpc) is 2.90. The van der Waals surface area contributed by atoms with E-state index in [0.29, 0.717) is 13.1 Å². The van der Waals surface area contributed by atoms with Gasteiger partial charge in [-0.15, -0.1) is 0 Å². The second kappa shape index (κ2) is 5.84. The van der Waals surface area contributed by atoms with E-state index >= 15 is 0 Å². The van der Waals surface area contributed by atoms with Crippen molar-refractivity contribution in [1.29, 1.82) is 0 Å². The maximum absolute atomic E-state index is 12.9. The Morgan fingerprint density at radius 3 is 2.58 bits per heavy atom. The third-order valence-corrected chi connectivity index (χ3v) is 4.74. The summed E-state index contributed by atoms with van der Waals surface area (Å²) < 4.78 is 0. The molecule has 1 amide bonds. The topological polar surface area (TPSA) is 32.3 Å². The van der Waals surface area contributed by atoms with E-state index in [0.717, 1.165) is 38.3 Å². The SMILES string of the molecule is CCN1C(=O)c2c(NCc3ccc(Cl)cc3)ccc3cccc1c23. The van der Waals surface area contributed by atoms with Crippen LogP contribution in [0.3, 0.4) is 0 Å². The van der Waals surface area contributed by atoms with Crippen LogP contribution in [0.2, 0.25) is 5.02 Å². The van der Waals surface area contributed by atoms with Gasteiger partial charge in [-0.2, -0.15) is 0 Å². The fourth-order valence-corrected chi connectivity index (χ4v) is 3.44. The highest BCUT2D eigenvalue weighted by Crippen LogP contribution is 2.40. The molecule has 4 heteroatoms. The first-order valence-corrected chi connectivity index (χ1v) is 8.42. The summed E-state index contributed by atoms with van der Waals surface area (Å²) >= 11 is 5.93. The lowest BCUT2D eigenvalue weighted by molar-refractivity contribution is 0.0995. The molecule has 1 heterocycles. The zero-order chi connectivity index (χ0) is 16.7. The standard InChI is InChI=1S/C20H17ClN2O/c1-2-23-17-5-3-4-14-8-11-16(19(18(14)17)20(23)24)22-12-13-6-9-15(21)10-7-13/h3-11,22H,2,12H2,1H3. The Hall–Kier alpha value is -2.52. The summed E-state index contributed by atoms with van der Waals surface area (Å²) in [6, 6.07) is 17.9. The number of benzene rings is 3. The lowest BCUT2D eigenvalue weighted by atomic mass is 10.0. The number of nitrogens with one attached hydrogen (secondary N) is 1. The molecule has 0 saturated heterocycles. The molecule has 3 aromatic rings. The number of halogens is 1. The maximum atomic E-state index is 12.9. The van der Waals surface area contributed by atoms with Gasteiger partial charge in [0, 0.05) is 29.2 Å². The largest absolute Gasteiger partial charge is 0.380 e. The molecule has 4 rings (SSSR count). The molecule has 0 aliphatic carbocycles. The van der Waals surface area contributed by atoms with Gasteiger partial charge in [0.2, 0.25) is 0 Å². The molecule has 24 heavy (non-hydrogen) atoms. The Morgan fingerprint density at radius 2 is 1.83 bits per heavy atom. The summed E-state index contributed by atoms with van der Waals surface area (Å²) in [6.07, 6.45) is 0. The van der Waals surface area contributed by atoms with Crippen molar-refractivity contribution in [2.45, 2.75) is 13.5 Å². The van der Waals surface area contributed by atoms with Gasteiger partial charge in [0.25, 0.3) is 5.91 Å². The molecule has 1 aliphatic heterocycles. The Kier molecular flexibility index (Phi) is 3.66. The van der Waals surface area contributed by atoms with Crippen molar-refractivity contribution >= 4 is 39.7 Å². The van der Waals surface area contributed by atoms with Crippen LogP contribution in [0.1, 0.15) is 22.8 Å². The van der Waals surface area contributed by atoms with Crippen LogP contribution in [0.25, 0.3) is 10.8 Å². The predicted molar refractivity (Wildman–Crippen MR) is 100 cm³/mol. The molecule has 0 atom stereocenters. The molecule has 3 nitrogen and oxygen atoms in total. The van der Waals surface area contributed by atoms with E-state index in [-0.39, 0.29) is 5.91 Å². The smallest absolute Gasteiger partial charge is 0.261 e. The van der Waals surface area contributed by atoms with Crippen LogP contribution in [0.4, 0.5) is 11.4 Å². The molecule has 0 aromatic heterocycles. The van der Waals surface area contributed by atoms with Gasteiger partial charge in [0.1, 0.15) is 0 Å². The Labute approximate surface area is 145 Å². The van der Waals surface area contributed by atoms with Crippen molar-refractivity contribution < 1.29 is 4.79 Å². The van der Waals surface area contributed by atoms with Crippen LogP contribution in [0.15, 0.2) is 54.6 Å². The van der Waals surface area contributed by atoms with E-state index in [4.69, 9.17) is 11.6 Å². The fourth-order valence-electron chi connectivity index (χ4n) is 3.31. The second-order valence-corrected chi connectivity index (χ2v) is 6.33. The van der Waals surface area contributed by atoms with Crippen molar-refractivity contribution in [2.75, 3.05) is 16.8 Å². The molecule has 0 saturated carbocycles. The summed E-state index contributed by atoms with van der Waals surface area (Å²) in [5.41, 5.74) is 3.78. The highest BCUT2D eigenvalue weighted by atomic mass is 35.5. The zero-order valence-corrected chi connectivity index (χ0v) is 14.1. The molecule has 120 valence electrons. The molecular formula is C20H17ClN2O. The Balaban J connectivity index is 1.73. The number of hydrogen-bond donors (Lipinski definition) is 1. The number of carbonyl (C=O) groups is 1. The average molecular weight is 337 g/mol. The van der Waals surface area contributed by atoms with Crippen LogP contribution in [-0.4, -0.2) is 12.5 Å². The summed E-state index contributed by atoms with van der Waals surface area (Å²) in [6.45, 7) is 3.32. The number of hydrogen-bond acceptors (Lipinski definition) is 2. The van der Waals surface area contributed by atoms with E-state index in [2.05, 4.69) is 17.4 Å². The molecular weight excluding hydrogens is 320 g/mol. The van der Waals surface area contributed by atoms with E-state index in [1.54, 1.807) is 0 Å². The van der Waals surface area contributed by atoms with Crippen molar-refractivity contribution in [1.82, 2.24) is 0 Å². The Bertz CT molecular complexity index is 934. The minimum absolute atomic E-state index is 0.0721. The van der Waals surface area contributed by atoms with Crippen LogP contribution in [0.5, 0.6) is 0 Å². The van der Waals surface area contributed by atoms with Crippen molar-refractivity contribution in [3.05, 3.63) is 70.7 Å². The lowest BCUT2D eigenvalue weighted by Gasteiger charge is -2.14. The van der Waals surface area contributed by atoms with Gasteiger partial charge in [-0.05, 0) is 42.1 Å². The summed E-state index contributed by atoms with van der Waals surface area (Å²) in [5, 5.41) is 6.28. The molecule has 0 fully saturated rings. The minimum Gasteiger partial charge on any atom is -0.380 e. The van der Waals surface area contributed by atoms with Gasteiger partial charge in [-0.1, -0.05) is 41.9 Å². The number of nitrogens with zero attached hydrogens (tertiary/aromatic N) is 1. The first kappa shape index (κ1) is 15.0. The molecule has 0 bridgehead atoms. The van der Waals surface area contributed by atoms with Gasteiger partial charge in [-0.3, -0.25) is 4.79 Å². The molecule has 3 aromatic carbocycles. The molecule has 0 spiro atoms. The molecule has 1 N–H and O–H groups in total. The first-order chi connectivity index (χ1) is 11.7. The predicted octanol–water partition coefficient (Wildman–Crippen LogP) is 5.09. The monoisotopic (exact) mass is 336 g/mol. The quantitative estimate of drug-likeness (QED) is 0.720. The number of anilines is 2. The van der Waals surface area contributed by atoms with Crippen LogP contribution in [0, 0.1) is 0 Å². The number of rotatable bonds is 4. The minimum atomic E-state index is 0.0721. The second-order valence-electron chi connectivity index (χ2n) is 5.89. The Morgan fingerprint density at radius 1 is 1.04 bits per heavy atom. The highest BCUT2D eigenvalue weighted by molar-refractivity contribution is 6.30. The van der Waals surface area contributed by atoms with E-state index in [9.17, 15) is 4.79 Å². The third kappa shape index (κ3) is 2.33. The van der Waals surface area contributed by atoms with Gasteiger partial charge in [0.05, 0.1) is 11.3 Å². The van der Waals surface area contributed by atoms with E-state index in [1.807, 2.05) is 54.3 Å².